The van der Waals surface area contributed by atoms with Crippen LogP contribution in [0.4, 0.5) is 0 Å². The molecular formula is C22H24N2O4S. The van der Waals surface area contributed by atoms with E-state index >= 15 is 0 Å². The minimum Gasteiger partial charge on any atom is -0.493 e. The molecular weight excluding hydrogens is 388 g/mol. The summed E-state index contributed by atoms with van der Waals surface area (Å²) in [4.78, 5) is 15.2. The Balaban J connectivity index is 1.64. The molecule has 6 nitrogen and oxygen atoms in total. The quantitative estimate of drug-likeness (QED) is 0.506. The molecule has 3 rings (SSSR count). The Morgan fingerprint density at radius 2 is 2.10 bits per heavy atom. The number of nitrogens with zero attached hydrogens (tertiary/aromatic N) is 2. The van der Waals surface area contributed by atoms with Gasteiger partial charge in [-0.15, -0.1) is 11.3 Å². The van der Waals surface area contributed by atoms with Crippen LogP contribution in [0.2, 0.25) is 0 Å². The SMILES string of the molecule is COc1cc(/C=C/C(=O)N(C)Cc2cccs2)ccc1OCc1c(C)noc1C. The number of rotatable bonds is 8. The third kappa shape index (κ3) is 5.26. The second-order valence-electron chi connectivity index (χ2n) is 6.61. The summed E-state index contributed by atoms with van der Waals surface area (Å²) in [6.07, 6.45) is 3.33. The van der Waals surface area contributed by atoms with Gasteiger partial charge in [0.05, 0.1) is 24.9 Å². The van der Waals surface area contributed by atoms with E-state index in [1.807, 2.05) is 49.6 Å². The molecule has 3 aromatic rings. The molecule has 0 saturated carbocycles. The maximum absolute atomic E-state index is 12.3. The van der Waals surface area contributed by atoms with Crippen molar-refractivity contribution < 1.29 is 18.8 Å². The zero-order chi connectivity index (χ0) is 20.8. The molecule has 0 aliphatic carbocycles. The molecule has 0 aliphatic rings. The van der Waals surface area contributed by atoms with E-state index in [-0.39, 0.29) is 5.91 Å². The highest BCUT2D eigenvalue weighted by Crippen LogP contribution is 2.30. The van der Waals surface area contributed by atoms with E-state index in [9.17, 15) is 4.79 Å². The fourth-order valence-electron chi connectivity index (χ4n) is 2.77. The molecule has 152 valence electrons. The normalized spacial score (nSPS) is 11.0. The molecule has 0 fully saturated rings. The first kappa shape index (κ1) is 20.7. The molecule has 2 heterocycles. The summed E-state index contributed by atoms with van der Waals surface area (Å²) >= 11 is 1.64. The fourth-order valence-corrected chi connectivity index (χ4v) is 3.53. The lowest BCUT2D eigenvalue weighted by Gasteiger charge is -2.14. The van der Waals surface area contributed by atoms with Crippen LogP contribution in [0.3, 0.4) is 0 Å². The first-order valence-corrected chi connectivity index (χ1v) is 10.0. The standard InChI is InChI=1S/C22H24N2O4S/c1-15-19(16(2)28-23-15)14-27-20-9-7-17(12-21(20)26-4)8-10-22(25)24(3)13-18-6-5-11-29-18/h5-12H,13-14H2,1-4H3/b10-8+. The van der Waals surface area contributed by atoms with Gasteiger partial charge in [0.2, 0.25) is 5.91 Å². The molecule has 0 atom stereocenters. The highest BCUT2D eigenvalue weighted by Gasteiger charge is 2.12. The third-order valence-corrected chi connectivity index (χ3v) is 5.37. The Kier molecular flexibility index (Phi) is 6.72. The van der Waals surface area contributed by atoms with Gasteiger partial charge in [-0.3, -0.25) is 4.79 Å². The minimum atomic E-state index is -0.0592. The zero-order valence-corrected chi connectivity index (χ0v) is 17.8. The third-order valence-electron chi connectivity index (χ3n) is 4.51. The number of amides is 1. The first-order chi connectivity index (χ1) is 14.0. The molecule has 1 aromatic carbocycles. The van der Waals surface area contributed by atoms with Crippen LogP contribution in [0.25, 0.3) is 6.08 Å². The van der Waals surface area contributed by atoms with Gasteiger partial charge in [-0.1, -0.05) is 17.3 Å². The maximum Gasteiger partial charge on any atom is 0.246 e. The molecule has 1 amide bonds. The number of aryl methyl sites for hydroxylation is 2. The lowest BCUT2D eigenvalue weighted by Crippen LogP contribution is -2.23. The number of hydrogen-bond donors (Lipinski definition) is 0. The molecule has 0 bridgehead atoms. The van der Waals surface area contributed by atoms with Crippen molar-refractivity contribution in [3.8, 4) is 11.5 Å². The van der Waals surface area contributed by atoms with Crippen LogP contribution >= 0.6 is 11.3 Å². The lowest BCUT2D eigenvalue weighted by molar-refractivity contribution is -0.125. The van der Waals surface area contributed by atoms with Crippen LogP contribution in [-0.4, -0.2) is 30.1 Å². The summed E-state index contributed by atoms with van der Waals surface area (Å²) in [6.45, 7) is 4.68. The van der Waals surface area contributed by atoms with Gasteiger partial charge in [-0.05, 0) is 49.1 Å². The monoisotopic (exact) mass is 412 g/mol. The van der Waals surface area contributed by atoms with Gasteiger partial charge in [0, 0.05) is 18.0 Å². The number of aromatic nitrogens is 1. The molecule has 0 spiro atoms. The molecule has 0 saturated heterocycles. The largest absolute Gasteiger partial charge is 0.493 e. The Labute approximate surface area is 174 Å². The summed E-state index contributed by atoms with van der Waals surface area (Å²) in [5, 5.41) is 5.94. The number of benzene rings is 1. The summed E-state index contributed by atoms with van der Waals surface area (Å²) in [5.74, 6) is 1.89. The predicted octanol–water partition coefficient (Wildman–Crippen LogP) is 4.61. The van der Waals surface area contributed by atoms with E-state index in [0.29, 0.717) is 24.7 Å². The van der Waals surface area contributed by atoms with Gasteiger partial charge in [-0.25, -0.2) is 0 Å². The number of thiophene rings is 1. The van der Waals surface area contributed by atoms with E-state index < -0.39 is 0 Å². The van der Waals surface area contributed by atoms with Gasteiger partial charge in [0.25, 0.3) is 0 Å². The van der Waals surface area contributed by atoms with Crippen LogP contribution < -0.4 is 9.47 Å². The van der Waals surface area contributed by atoms with Gasteiger partial charge < -0.3 is 18.9 Å². The van der Waals surface area contributed by atoms with Crippen molar-refractivity contribution in [2.75, 3.05) is 14.2 Å². The van der Waals surface area contributed by atoms with E-state index in [1.54, 1.807) is 42.5 Å². The predicted molar refractivity (Wildman–Crippen MR) is 113 cm³/mol. The van der Waals surface area contributed by atoms with Gasteiger partial charge in [-0.2, -0.15) is 0 Å². The van der Waals surface area contributed by atoms with Crippen LogP contribution in [0.1, 0.15) is 27.5 Å². The topological polar surface area (TPSA) is 64.8 Å². The van der Waals surface area contributed by atoms with Crippen molar-refractivity contribution in [2.45, 2.75) is 27.0 Å². The van der Waals surface area contributed by atoms with Crippen molar-refractivity contribution >= 4 is 23.3 Å². The Morgan fingerprint density at radius 1 is 1.28 bits per heavy atom. The Bertz CT molecular complexity index is 973. The summed E-state index contributed by atoms with van der Waals surface area (Å²) in [5.41, 5.74) is 2.59. The second-order valence-corrected chi connectivity index (χ2v) is 7.64. The van der Waals surface area contributed by atoms with Crippen LogP contribution in [-0.2, 0) is 17.9 Å². The van der Waals surface area contributed by atoms with E-state index in [0.717, 1.165) is 27.5 Å². The summed E-state index contributed by atoms with van der Waals surface area (Å²) in [6, 6.07) is 9.55. The minimum absolute atomic E-state index is 0.0592. The average molecular weight is 413 g/mol. The Hall–Kier alpha value is -3.06. The van der Waals surface area contributed by atoms with Gasteiger partial charge in [0.15, 0.2) is 11.5 Å². The molecule has 0 unspecified atom stereocenters. The van der Waals surface area contributed by atoms with Crippen molar-refractivity contribution in [2.24, 2.45) is 0 Å². The van der Waals surface area contributed by atoms with Crippen molar-refractivity contribution in [3.05, 3.63) is 69.2 Å². The zero-order valence-electron chi connectivity index (χ0n) is 17.0. The summed E-state index contributed by atoms with van der Waals surface area (Å²) < 4.78 is 16.5. The Morgan fingerprint density at radius 3 is 2.76 bits per heavy atom. The number of carbonyl (C=O) groups excluding carboxylic acids is 1. The van der Waals surface area contributed by atoms with Crippen molar-refractivity contribution in [3.63, 3.8) is 0 Å². The number of carbonyl (C=O) groups is 1. The average Bonchev–Trinajstić information content (AvgIpc) is 3.34. The first-order valence-electron chi connectivity index (χ1n) is 9.16. The molecule has 29 heavy (non-hydrogen) atoms. The molecule has 2 aromatic heterocycles. The van der Waals surface area contributed by atoms with E-state index in [2.05, 4.69) is 5.16 Å². The van der Waals surface area contributed by atoms with Crippen molar-refractivity contribution in [1.29, 1.82) is 0 Å². The van der Waals surface area contributed by atoms with Crippen LogP contribution in [0.5, 0.6) is 11.5 Å². The second kappa shape index (κ2) is 9.43. The number of methoxy groups -OCH3 is 1. The lowest BCUT2D eigenvalue weighted by atomic mass is 10.1. The smallest absolute Gasteiger partial charge is 0.246 e. The highest BCUT2D eigenvalue weighted by atomic mass is 32.1. The van der Waals surface area contributed by atoms with Gasteiger partial charge >= 0.3 is 0 Å². The number of hydrogen-bond acceptors (Lipinski definition) is 6. The fraction of sp³-hybridized carbons (Fsp3) is 0.273. The van der Waals surface area contributed by atoms with Crippen LogP contribution in [0.15, 0.2) is 46.3 Å². The molecule has 7 heteroatoms. The van der Waals surface area contributed by atoms with Gasteiger partial charge in [0.1, 0.15) is 12.4 Å². The highest BCUT2D eigenvalue weighted by molar-refractivity contribution is 7.09. The van der Waals surface area contributed by atoms with E-state index in [1.165, 1.54) is 0 Å². The van der Waals surface area contributed by atoms with Crippen molar-refractivity contribution in [1.82, 2.24) is 10.1 Å². The van der Waals surface area contributed by atoms with E-state index in [4.69, 9.17) is 14.0 Å². The van der Waals surface area contributed by atoms with Crippen LogP contribution in [0, 0.1) is 13.8 Å². The molecule has 0 radical (unpaired) electrons. The number of likely N-dealkylation sites (N-methyl/N-ethyl adjacent to an activating group) is 1. The molecule has 0 N–H and O–H groups in total. The maximum atomic E-state index is 12.3. The molecule has 0 aliphatic heterocycles. The summed E-state index contributed by atoms with van der Waals surface area (Å²) in [7, 11) is 3.38. The number of ether oxygens (including phenoxy) is 2.